The molecule has 0 bridgehead atoms. The summed E-state index contributed by atoms with van der Waals surface area (Å²) in [6, 6.07) is 19.1. The highest BCUT2D eigenvalue weighted by molar-refractivity contribution is 7.92. The number of nitrogens with one attached hydrogen (secondary N) is 2. The van der Waals surface area contributed by atoms with Gasteiger partial charge in [0.25, 0.3) is 10.0 Å². The van der Waals surface area contributed by atoms with Gasteiger partial charge in [-0.15, -0.1) is 0 Å². The van der Waals surface area contributed by atoms with E-state index in [-0.39, 0.29) is 16.6 Å². The van der Waals surface area contributed by atoms with E-state index in [1.165, 1.54) is 19.2 Å². The summed E-state index contributed by atoms with van der Waals surface area (Å²) in [6.07, 6.45) is 0. The van der Waals surface area contributed by atoms with E-state index in [0.29, 0.717) is 34.8 Å². The number of halogens is 1. The maximum Gasteiger partial charge on any atom is 0.263 e. The van der Waals surface area contributed by atoms with Crippen LogP contribution >= 0.6 is 11.6 Å². The average Bonchev–Trinajstić information content (AvgIpc) is 3.18. The molecule has 0 atom stereocenters. The van der Waals surface area contributed by atoms with Crippen LogP contribution in [0.3, 0.4) is 0 Å². The Hall–Kier alpha value is -3.60. The Balaban J connectivity index is 1.66. The highest BCUT2D eigenvalue weighted by Crippen LogP contribution is 2.34. The van der Waals surface area contributed by atoms with E-state index in [2.05, 4.69) is 15.1 Å². The van der Waals surface area contributed by atoms with Gasteiger partial charge in [0.2, 0.25) is 5.91 Å². The van der Waals surface area contributed by atoms with Crippen molar-refractivity contribution in [1.29, 1.82) is 0 Å². The topological polar surface area (TPSA) is 128 Å². The minimum Gasteiger partial charge on any atom is -0.496 e. The molecule has 4 N–H and O–H groups in total. The van der Waals surface area contributed by atoms with Crippen LogP contribution in [-0.4, -0.2) is 36.8 Å². The monoisotopic (exact) mass is 541 g/mol. The fraction of sp³-hybridized carbons (Fsp3) is 0.231. The number of carbonyl (C=O) groups is 1. The number of sulfonamides is 1. The number of fused-ring (bicyclic) bond motifs is 1. The molecular formula is C26H28ClN5O4S. The van der Waals surface area contributed by atoms with E-state index in [1.54, 1.807) is 36.7 Å². The molecule has 0 fully saturated rings. The molecular weight excluding hydrogens is 514 g/mol. The molecule has 0 unspecified atom stereocenters. The molecule has 0 saturated carbocycles. The second kappa shape index (κ2) is 10.4. The fourth-order valence-electron chi connectivity index (χ4n) is 3.80. The quantitative estimate of drug-likeness (QED) is 0.295. The Morgan fingerprint density at radius 1 is 1.08 bits per heavy atom. The lowest BCUT2D eigenvalue weighted by Crippen LogP contribution is -2.48. The van der Waals surface area contributed by atoms with Crippen LogP contribution in [0.2, 0.25) is 5.02 Å². The minimum absolute atomic E-state index is 0.0213. The van der Waals surface area contributed by atoms with Crippen molar-refractivity contribution in [3.8, 4) is 5.75 Å². The highest BCUT2D eigenvalue weighted by Gasteiger charge is 2.23. The van der Waals surface area contributed by atoms with Crippen molar-refractivity contribution in [2.24, 2.45) is 5.73 Å². The van der Waals surface area contributed by atoms with Crippen LogP contribution < -0.4 is 20.5 Å². The number of hydrogen-bond acceptors (Lipinski definition) is 6. The minimum atomic E-state index is -3.96. The van der Waals surface area contributed by atoms with Gasteiger partial charge in [0, 0.05) is 11.6 Å². The molecule has 4 rings (SSSR count). The van der Waals surface area contributed by atoms with Crippen molar-refractivity contribution >= 4 is 44.3 Å². The van der Waals surface area contributed by atoms with Gasteiger partial charge in [-0.3, -0.25) is 14.2 Å². The lowest BCUT2D eigenvalue weighted by atomic mass is 10.1. The van der Waals surface area contributed by atoms with Gasteiger partial charge in [-0.05, 0) is 55.3 Å². The van der Waals surface area contributed by atoms with E-state index in [1.807, 2.05) is 36.4 Å². The standard InChI is InChI=1S/C26H28ClN5O4S/c1-26(2,28)25(33)29-15-17-7-4-8-18(13-17)16-32-21-11-6-12-22(36-3)23(21)24(30-32)31-37(34,35)20-10-5-9-19(27)14-20/h4-14H,15-16,28H2,1-3H3,(H,29,33)(H,30,31). The number of carbonyl (C=O) groups excluding carboxylic acids is 1. The summed E-state index contributed by atoms with van der Waals surface area (Å²) in [5.41, 5.74) is 7.37. The number of amides is 1. The van der Waals surface area contributed by atoms with E-state index < -0.39 is 15.6 Å². The van der Waals surface area contributed by atoms with Gasteiger partial charge in [-0.2, -0.15) is 5.10 Å². The predicted octanol–water partition coefficient (Wildman–Crippen LogP) is 3.90. The van der Waals surface area contributed by atoms with Crippen LogP contribution in [0.15, 0.2) is 71.6 Å². The maximum atomic E-state index is 13.1. The van der Waals surface area contributed by atoms with Gasteiger partial charge >= 0.3 is 0 Å². The fourth-order valence-corrected chi connectivity index (χ4v) is 5.11. The van der Waals surface area contributed by atoms with Crippen LogP contribution in [0.1, 0.15) is 25.0 Å². The van der Waals surface area contributed by atoms with Crippen LogP contribution in [0.25, 0.3) is 10.9 Å². The summed E-state index contributed by atoms with van der Waals surface area (Å²) in [5.74, 6) is 0.370. The number of nitrogens with two attached hydrogens (primary N) is 1. The molecule has 1 heterocycles. The number of rotatable bonds is 9. The van der Waals surface area contributed by atoms with Crippen molar-refractivity contribution in [1.82, 2.24) is 15.1 Å². The maximum absolute atomic E-state index is 13.1. The molecule has 0 aliphatic carbocycles. The Morgan fingerprint density at radius 3 is 2.49 bits per heavy atom. The van der Waals surface area contributed by atoms with Crippen molar-refractivity contribution in [3.63, 3.8) is 0 Å². The molecule has 3 aromatic carbocycles. The number of anilines is 1. The number of nitrogens with zero attached hydrogens (tertiary/aromatic N) is 2. The molecule has 37 heavy (non-hydrogen) atoms. The second-order valence-electron chi connectivity index (χ2n) is 9.15. The predicted molar refractivity (Wildman–Crippen MR) is 144 cm³/mol. The summed E-state index contributed by atoms with van der Waals surface area (Å²) in [4.78, 5) is 12.2. The molecule has 1 aromatic heterocycles. The molecule has 9 nitrogen and oxygen atoms in total. The Bertz CT molecular complexity index is 1560. The number of methoxy groups -OCH3 is 1. The first kappa shape index (κ1) is 26.5. The van der Waals surface area contributed by atoms with E-state index in [9.17, 15) is 13.2 Å². The third-order valence-corrected chi connectivity index (χ3v) is 7.23. The molecule has 0 aliphatic heterocycles. The average molecular weight is 542 g/mol. The Labute approximate surface area is 220 Å². The van der Waals surface area contributed by atoms with Crippen molar-refractivity contribution in [3.05, 3.63) is 82.9 Å². The number of benzene rings is 3. The molecule has 1 amide bonds. The smallest absolute Gasteiger partial charge is 0.263 e. The summed E-state index contributed by atoms with van der Waals surface area (Å²) in [5, 5.41) is 8.26. The summed E-state index contributed by atoms with van der Waals surface area (Å²) >= 11 is 6.00. The van der Waals surface area contributed by atoms with Crippen molar-refractivity contribution in [2.45, 2.75) is 37.4 Å². The molecule has 11 heteroatoms. The highest BCUT2D eigenvalue weighted by atomic mass is 35.5. The lowest BCUT2D eigenvalue weighted by Gasteiger charge is -2.18. The van der Waals surface area contributed by atoms with E-state index >= 15 is 0 Å². The summed E-state index contributed by atoms with van der Waals surface area (Å²) in [7, 11) is -2.45. The lowest BCUT2D eigenvalue weighted by molar-refractivity contribution is -0.125. The first-order valence-electron chi connectivity index (χ1n) is 11.4. The molecule has 0 aliphatic rings. The van der Waals surface area contributed by atoms with Gasteiger partial charge in [0.05, 0.1) is 35.0 Å². The Kier molecular flexibility index (Phi) is 7.44. The van der Waals surface area contributed by atoms with Crippen LogP contribution in [0.5, 0.6) is 5.75 Å². The second-order valence-corrected chi connectivity index (χ2v) is 11.3. The van der Waals surface area contributed by atoms with Gasteiger partial charge in [0.1, 0.15) is 5.75 Å². The molecule has 0 radical (unpaired) electrons. The molecule has 0 saturated heterocycles. The number of aromatic nitrogens is 2. The zero-order valence-electron chi connectivity index (χ0n) is 20.7. The van der Waals surface area contributed by atoms with Crippen molar-refractivity contribution in [2.75, 3.05) is 11.8 Å². The molecule has 0 spiro atoms. The van der Waals surface area contributed by atoms with E-state index in [4.69, 9.17) is 22.1 Å². The van der Waals surface area contributed by atoms with E-state index in [0.717, 1.165) is 11.1 Å². The molecule has 4 aromatic rings. The van der Waals surface area contributed by atoms with Gasteiger partial charge in [0.15, 0.2) is 5.82 Å². The van der Waals surface area contributed by atoms with Crippen molar-refractivity contribution < 1.29 is 17.9 Å². The number of ether oxygens (including phenoxy) is 1. The number of hydrogen-bond donors (Lipinski definition) is 3. The van der Waals surface area contributed by atoms with Crippen LogP contribution in [0, 0.1) is 0 Å². The molecule has 194 valence electrons. The van der Waals surface area contributed by atoms with Gasteiger partial charge in [-0.1, -0.05) is 48.0 Å². The first-order valence-corrected chi connectivity index (χ1v) is 13.3. The largest absolute Gasteiger partial charge is 0.496 e. The first-order chi connectivity index (χ1) is 17.5. The van der Waals surface area contributed by atoms with Crippen LogP contribution in [-0.2, 0) is 27.9 Å². The Morgan fingerprint density at radius 2 is 1.78 bits per heavy atom. The third-order valence-electron chi connectivity index (χ3n) is 5.66. The SMILES string of the molecule is COc1cccc2c1c(NS(=O)(=O)c1cccc(Cl)c1)nn2Cc1cccc(CNC(=O)C(C)(C)N)c1. The zero-order valence-corrected chi connectivity index (χ0v) is 22.2. The van der Waals surface area contributed by atoms with Gasteiger partial charge < -0.3 is 15.8 Å². The van der Waals surface area contributed by atoms with Crippen LogP contribution in [0.4, 0.5) is 5.82 Å². The summed E-state index contributed by atoms with van der Waals surface area (Å²) in [6.45, 7) is 3.97. The normalized spacial score (nSPS) is 11.9. The third kappa shape index (κ3) is 6.04. The van der Waals surface area contributed by atoms with Gasteiger partial charge in [-0.25, -0.2) is 8.42 Å². The zero-order chi connectivity index (χ0) is 26.8. The summed E-state index contributed by atoms with van der Waals surface area (Å²) < 4.78 is 36.0.